The summed E-state index contributed by atoms with van der Waals surface area (Å²) < 4.78 is 6.14. The molecule has 1 aliphatic carbocycles. The Kier molecular flexibility index (Phi) is 12.1. The van der Waals surface area contributed by atoms with Crippen LogP contribution in [0.5, 0.6) is 0 Å². The Morgan fingerprint density at radius 3 is 2.26 bits per heavy atom. The molecule has 0 heterocycles. The summed E-state index contributed by atoms with van der Waals surface area (Å²) in [6.45, 7) is 13.4. The van der Waals surface area contributed by atoms with Gasteiger partial charge in [0, 0.05) is 31.9 Å². The maximum Gasteiger partial charge on any atom is 0.321 e. The van der Waals surface area contributed by atoms with Gasteiger partial charge in [0.2, 0.25) is 0 Å². The standard InChI is InChI=1S/C29H49N3O2/c1-7-21-31(5)22-11-9-8-10-12-23-34-27-19-17-26(18-20-27)32(6)28(33)30-25-15-13-24(14-16-25)29(2,3)4/h7,13-16,26-27H,1,8-12,17-23H2,2-6H3,(H,30,33)/t26-,27-. The number of nitrogens with zero attached hydrogens (tertiary/aromatic N) is 2. The first-order chi connectivity index (χ1) is 16.2. The monoisotopic (exact) mass is 471 g/mol. The second-order valence-electron chi connectivity index (χ2n) is 11.0. The summed E-state index contributed by atoms with van der Waals surface area (Å²) >= 11 is 0. The van der Waals surface area contributed by atoms with Crippen molar-refractivity contribution in [1.82, 2.24) is 9.80 Å². The number of ether oxygens (including phenoxy) is 1. The Bertz CT molecular complexity index is 718. The number of amides is 2. The van der Waals surface area contributed by atoms with Crippen LogP contribution in [0.4, 0.5) is 10.5 Å². The Morgan fingerprint density at radius 1 is 1.03 bits per heavy atom. The third kappa shape index (κ3) is 10.2. The van der Waals surface area contributed by atoms with E-state index in [0.29, 0.717) is 6.10 Å². The smallest absolute Gasteiger partial charge is 0.321 e. The van der Waals surface area contributed by atoms with Crippen molar-refractivity contribution in [3.05, 3.63) is 42.5 Å². The number of benzene rings is 1. The summed E-state index contributed by atoms with van der Waals surface area (Å²) in [6, 6.07) is 8.45. The molecule has 0 radical (unpaired) electrons. The number of likely N-dealkylation sites (N-methyl/N-ethyl adjacent to an activating group) is 1. The third-order valence-corrected chi connectivity index (χ3v) is 6.99. The fourth-order valence-corrected chi connectivity index (χ4v) is 4.61. The highest BCUT2D eigenvalue weighted by Crippen LogP contribution is 2.26. The molecule has 1 aliphatic rings. The summed E-state index contributed by atoms with van der Waals surface area (Å²) in [4.78, 5) is 16.9. The zero-order chi connectivity index (χ0) is 25.0. The minimum atomic E-state index is -0.0245. The van der Waals surface area contributed by atoms with Crippen molar-refractivity contribution >= 4 is 11.7 Å². The Morgan fingerprint density at radius 2 is 1.65 bits per heavy atom. The first kappa shape index (κ1) is 28.4. The van der Waals surface area contributed by atoms with Crippen LogP contribution in [0.1, 0.15) is 84.1 Å². The predicted octanol–water partition coefficient (Wildman–Crippen LogP) is 6.84. The molecule has 1 aromatic rings. The molecule has 0 atom stereocenters. The molecule has 2 rings (SSSR count). The van der Waals surface area contributed by atoms with E-state index in [9.17, 15) is 4.79 Å². The van der Waals surface area contributed by atoms with Gasteiger partial charge in [0.1, 0.15) is 0 Å². The average Bonchev–Trinajstić information content (AvgIpc) is 2.80. The van der Waals surface area contributed by atoms with Gasteiger partial charge in [-0.15, -0.1) is 6.58 Å². The van der Waals surface area contributed by atoms with Crippen LogP contribution >= 0.6 is 0 Å². The molecule has 2 amide bonds. The van der Waals surface area contributed by atoms with E-state index < -0.39 is 0 Å². The molecule has 5 heteroatoms. The lowest BCUT2D eigenvalue weighted by molar-refractivity contribution is 0.0130. The molecule has 0 aliphatic heterocycles. The van der Waals surface area contributed by atoms with E-state index in [4.69, 9.17) is 4.74 Å². The summed E-state index contributed by atoms with van der Waals surface area (Å²) in [6.07, 6.45) is 12.7. The van der Waals surface area contributed by atoms with Crippen molar-refractivity contribution in [3.8, 4) is 0 Å². The van der Waals surface area contributed by atoms with Crippen LogP contribution in [0.15, 0.2) is 36.9 Å². The molecule has 1 aromatic carbocycles. The SMILES string of the molecule is C=CCN(C)CCCCCCCO[C@H]1CC[C@H](N(C)C(=O)Nc2ccc(C(C)(C)C)cc2)CC1. The first-order valence-corrected chi connectivity index (χ1v) is 13.3. The lowest BCUT2D eigenvalue weighted by Crippen LogP contribution is -2.42. The molecule has 192 valence electrons. The Hall–Kier alpha value is -1.85. The van der Waals surface area contributed by atoms with Gasteiger partial charge in [-0.1, -0.05) is 58.2 Å². The Labute approximate surface area is 208 Å². The molecule has 34 heavy (non-hydrogen) atoms. The lowest BCUT2D eigenvalue weighted by atomic mass is 9.87. The van der Waals surface area contributed by atoms with Crippen LogP contribution in [0, 0.1) is 0 Å². The average molecular weight is 472 g/mol. The van der Waals surface area contributed by atoms with Crippen molar-refractivity contribution in [2.45, 2.75) is 96.1 Å². The number of urea groups is 1. The van der Waals surface area contributed by atoms with Crippen LogP contribution in [-0.2, 0) is 10.2 Å². The number of rotatable bonds is 13. The third-order valence-electron chi connectivity index (χ3n) is 6.99. The number of hydrogen-bond donors (Lipinski definition) is 1. The van der Waals surface area contributed by atoms with Gasteiger partial charge in [-0.25, -0.2) is 4.79 Å². The summed E-state index contributed by atoms with van der Waals surface area (Å²) in [5, 5.41) is 3.05. The first-order valence-electron chi connectivity index (χ1n) is 13.3. The minimum Gasteiger partial charge on any atom is -0.378 e. The maximum absolute atomic E-state index is 12.7. The second-order valence-corrected chi connectivity index (χ2v) is 11.0. The zero-order valence-electron chi connectivity index (χ0n) is 22.4. The van der Waals surface area contributed by atoms with Gasteiger partial charge in [-0.05, 0) is 75.2 Å². The van der Waals surface area contributed by atoms with Crippen molar-refractivity contribution in [2.24, 2.45) is 0 Å². The Balaban J connectivity index is 1.57. The molecule has 1 N–H and O–H groups in total. The summed E-state index contributed by atoms with van der Waals surface area (Å²) in [5.74, 6) is 0. The van der Waals surface area contributed by atoms with Crippen LogP contribution in [0.2, 0.25) is 0 Å². The van der Waals surface area contributed by atoms with Gasteiger partial charge in [-0.2, -0.15) is 0 Å². The van der Waals surface area contributed by atoms with Gasteiger partial charge < -0.3 is 19.9 Å². The summed E-state index contributed by atoms with van der Waals surface area (Å²) in [7, 11) is 4.07. The molecular formula is C29H49N3O2. The fraction of sp³-hybridized carbons (Fsp3) is 0.690. The molecular weight excluding hydrogens is 422 g/mol. The lowest BCUT2D eigenvalue weighted by Gasteiger charge is -2.34. The molecule has 0 saturated heterocycles. The number of anilines is 1. The molecule has 1 saturated carbocycles. The molecule has 0 aromatic heterocycles. The van der Waals surface area contributed by atoms with Gasteiger partial charge in [-0.3, -0.25) is 0 Å². The van der Waals surface area contributed by atoms with E-state index in [1.807, 2.05) is 30.2 Å². The van der Waals surface area contributed by atoms with Crippen molar-refractivity contribution in [2.75, 3.05) is 39.1 Å². The van der Waals surface area contributed by atoms with Crippen LogP contribution in [0.25, 0.3) is 0 Å². The molecule has 1 fully saturated rings. The van der Waals surface area contributed by atoms with E-state index in [1.165, 1.54) is 31.2 Å². The number of carbonyl (C=O) groups is 1. The second kappa shape index (κ2) is 14.5. The van der Waals surface area contributed by atoms with Crippen LogP contribution in [0.3, 0.4) is 0 Å². The van der Waals surface area contributed by atoms with Crippen LogP contribution < -0.4 is 5.32 Å². The highest BCUT2D eigenvalue weighted by atomic mass is 16.5. The van der Waals surface area contributed by atoms with Gasteiger partial charge in [0.05, 0.1) is 6.10 Å². The van der Waals surface area contributed by atoms with Crippen LogP contribution in [-0.4, -0.2) is 61.8 Å². The van der Waals surface area contributed by atoms with E-state index in [-0.39, 0.29) is 17.5 Å². The highest BCUT2D eigenvalue weighted by molar-refractivity contribution is 5.89. The largest absolute Gasteiger partial charge is 0.378 e. The highest BCUT2D eigenvalue weighted by Gasteiger charge is 2.27. The topological polar surface area (TPSA) is 44.8 Å². The van der Waals surface area contributed by atoms with Gasteiger partial charge in [0.15, 0.2) is 0 Å². The minimum absolute atomic E-state index is 0.0245. The fourth-order valence-electron chi connectivity index (χ4n) is 4.61. The van der Waals surface area contributed by atoms with Crippen molar-refractivity contribution in [3.63, 3.8) is 0 Å². The number of unbranched alkanes of at least 4 members (excludes halogenated alkanes) is 4. The van der Waals surface area contributed by atoms with E-state index >= 15 is 0 Å². The predicted molar refractivity (Wildman–Crippen MR) is 145 cm³/mol. The summed E-state index contributed by atoms with van der Waals surface area (Å²) in [5.41, 5.74) is 2.23. The normalized spacial score (nSPS) is 18.6. The zero-order valence-corrected chi connectivity index (χ0v) is 22.4. The van der Waals surface area contributed by atoms with E-state index in [0.717, 1.165) is 57.5 Å². The molecule has 0 unspecified atom stereocenters. The van der Waals surface area contributed by atoms with Crippen molar-refractivity contribution < 1.29 is 9.53 Å². The molecule has 0 spiro atoms. The van der Waals surface area contributed by atoms with Gasteiger partial charge >= 0.3 is 6.03 Å². The quantitative estimate of drug-likeness (QED) is 0.253. The maximum atomic E-state index is 12.7. The molecule has 0 bridgehead atoms. The van der Waals surface area contributed by atoms with E-state index in [1.54, 1.807) is 0 Å². The number of hydrogen-bond acceptors (Lipinski definition) is 3. The number of carbonyl (C=O) groups excluding carboxylic acids is 1. The van der Waals surface area contributed by atoms with Crippen molar-refractivity contribution in [1.29, 1.82) is 0 Å². The number of nitrogens with one attached hydrogen (secondary N) is 1. The van der Waals surface area contributed by atoms with Gasteiger partial charge in [0.25, 0.3) is 0 Å². The molecule has 5 nitrogen and oxygen atoms in total. The van der Waals surface area contributed by atoms with E-state index in [2.05, 4.69) is 56.7 Å².